The Morgan fingerprint density at radius 1 is 1.50 bits per heavy atom. The Bertz CT molecular complexity index is 33.2. The van der Waals surface area contributed by atoms with Crippen molar-refractivity contribution in [3.05, 3.63) is 0 Å². The third-order valence-corrected chi connectivity index (χ3v) is 0.494. The molecule has 0 saturated heterocycles. The summed E-state index contributed by atoms with van der Waals surface area (Å²) in [6.45, 7) is 5.04. The van der Waals surface area contributed by atoms with Crippen molar-refractivity contribution in [3.63, 3.8) is 0 Å². The molecule has 0 unspecified atom stereocenters. The van der Waals surface area contributed by atoms with Crippen LogP contribution in [0.5, 0.6) is 0 Å². The minimum atomic E-state index is 0.924. The van der Waals surface area contributed by atoms with E-state index in [-0.39, 0.29) is 0 Å². The number of hydrogen-bond donors (Lipinski definition) is 0. The lowest BCUT2D eigenvalue weighted by Crippen LogP contribution is -1.68. The summed E-state index contributed by atoms with van der Waals surface area (Å²) in [7, 11) is 0. The molecule has 0 aromatic heterocycles. The highest BCUT2D eigenvalue weighted by Gasteiger charge is 1.59. The second kappa shape index (κ2) is 4.67. The van der Waals surface area contributed by atoms with E-state index in [1.165, 1.54) is 0 Å². The van der Waals surface area contributed by atoms with Crippen molar-refractivity contribution < 1.29 is 0 Å². The Hall–Kier alpha value is -0.330. The lowest BCUT2D eigenvalue weighted by atomic mass is 11.5. The van der Waals surface area contributed by atoms with Gasteiger partial charge in [-0.3, -0.25) is 4.99 Å². The summed E-state index contributed by atoms with van der Waals surface area (Å²) in [4.78, 5) is 3.97. The lowest BCUT2D eigenvalue weighted by Gasteiger charge is -1.74. The lowest BCUT2D eigenvalue weighted by molar-refractivity contribution is 1.12. The van der Waals surface area contributed by atoms with Crippen molar-refractivity contribution in [2.24, 2.45) is 4.99 Å². The molecule has 0 fully saturated rings. The molecule has 0 heterocycles. The van der Waals surface area contributed by atoms with Gasteiger partial charge in [-0.2, -0.15) is 0 Å². The van der Waals surface area contributed by atoms with Crippen molar-refractivity contribution in [2.75, 3.05) is 6.54 Å². The van der Waals surface area contributed by atoms with Gasteiger partial charge in [-0.25, -0.2) is 0 Å². The molecule has 1 heteroatoms. The van der Waals surface area contributed by atoms with Crippen molar-refractivity contribution >= 4 is 6.21 Å². The standard InChI is InChI=1S/C5H11N/c1-3-5-6-4-2/h5H,3-4H2,1-2H3/b6-5-/i1+1,2+1,3+1,4+1,5+1. The van der Waals surface area contributed by atoms with Gasteiger partial charge in [0.15, 0.2) is 0 Å². The molecule has 36 valence electrons. The van der Waals surface area contributed by atoms with Gasteiger partial charge in [0.2, 0.25) is 0 Å². The van der Waals surface area contributed by atoms with E-state index < -0.39 is 0 Å². The van der Waals surface area contributed by atoms with Crippen LogP contribution in [0.4, 0.5) is 0 Å². The second-order valence-electron chi connectivity index (χ2n) is 1.09. The molecule has 0 amide bonds. The van der Waals surface area contributed by atoms with E-state index in [0.29, 0.717) is 0 Å². The summed E-state index contributed by atoms with van der Waals surface area (Å²) in [6, 6.07) is 0. The number of hydrogen-bond acceptors (Lipinski definition) is 1. The molecular formula is C5H11N. The van der Waals surface area contributed by atoms with Gasteiger partial charge in [-0.1, -0.05) is 6.92 Å². The first-order chi connectivity index (χ1) is 2.91. The topological polar surface area (TPSA) is 12.4 Å². The van der Waals surface area contributed by atoms with Gasteiger partial charge < -0.3 is 0 Å². The summed E-state index contributed by atoms with van der Waals surface area (Å²) in [5, 5.41) is 0. The van der Waals surface area contributed by atoms with Gasteiger partial charge in [0.1, 0.15) is 0 Å². The molecule has 0 bridgehead atoms. The van der Waals surface area contributed by atoms with Gasteiger partial charge in [0.25, 0.3) is 0 Å². The predicted octanol–water partition coefficient (Wildman–Crippen LogP) is 1.49. The van der Waals surface area contributed by atoms with E-state index in [1.54, 1.807) is 0 Å². The molecule has 0 atom stereocenters. The van der Waals surface area contributed by atoms with E-state index in [0.717, 1.165) is 13.0 Å². The zero-order chi connectivity index (χ0) is 4.83. The minimum absolute atomic E-state index is 0.924. The Morgan fingerprint density at radius 3 is 2.33 bits per heavy atom. The van der Waals surface area contributed by atoms with Gasteiger partial charge in [0, 0.05) is 6.54 Å². The zero-order valence-corrected chi connectivity index (χ0v) is 4.44. The Morgan fingerprint density at radius 2 is 2.17 bits per heavy atom. The molecule has 0 spiro atoms. The molecular weight excluding hydrogens is 79.0 g/mol. The highest BCUT2D eigenvalue weighted by atomic mass is 15.0. The largest absolute Gasteiger partial charge is 0.298 e. The van der Waals surface area contributed by atoms with E-state index in [2.05, 4.69) is 11.9 Å². The molecule has 0 aromatic carbocycles. The van der Waals surface area contributed by atoms with Crippen molar-refractivity contribution in [3.8, 4) is 0 Å². The van der Waals surface area contributed by atoms with Crippen LogP contribution in [0.2, 0.25) is 0 Å². The maximum Gasteiger partial charge on any atom is 0.0357 e. The van der Waals surface area contributed by atoms with E-state index >= 15 is 0 Å². The average Bonchev–Trinajstić information content (AvgIpc) is 1.61. The van der Waals surface area contributed by atoms with Crippen molar-refractivity contribution in [2.45, 2.75) is 20.3 Å². The number of aliphatic imine (C=N–C) groups is 1. The molecule has 0 radical (unpaired) electrons. The molecule has 1 nitrogen and oxygen atoms in total. The van der Waals surface area contributed by atoms with Gasteiger partial charge in [0.05, 0.1) is 0 Å². The van der Waals surface area contributed by atoms with Crippen LogP contribution in [-0.4, -0.2) is 12.8 Å². The van der Waals surface area contributed by atoms with Gasteiger partial charge >= 0.3 is 0 Å². The number of rotatable bonds is 2. The fourth-order valence-electron chi connectivity index (χ4n) is 0.258. The van der Waals surface area contributed by atoms with Crippen molar-refractivity contribution in [1.29, 1.82) is 0 Å². The van der Waals surface area contributed by atoms with Crippen LogP contribution in [-0.2, 0) is 0 Å². The monoisotopic (exact) mass is 90.1 g/mol. The number of nitrogens with zero attached hydrogens (tertiary/aromatic N) is 1. The average molecular weight is 90.1 g/mol. The summed E-state index contributed by atoms with van der Waals surface area (Å²) in [6.07, 6.45) is 2.99. The third-order valence-electron chi connectivity index (χ3n) is 0.494. The summed E-state index contributed by atoms with van der Waals surface area (Å²) in [5.74, 6) is 0. The van der Waals surface area contributed by atoms with Crippen LogP contribution >= 0.6 is 0 Å². The molecule has 0 rings (SSSR count). The predicted molar refractivity (Wildman–Crippen MR) is 29.3 cm³/mol. The Balaban J connectivity index is 2.73. The zero-order valence-electron chi connectivity index (χ0n) is 4.44. The van der Waals surface area contributed by atoms with Crippen LogP contribution in [0.1, 0.15) is 20.3 Å². The molecule has 0 aliphatic carbocycles. The summed E-state index contributed by atoms with van der Waals surface area (Å²) in [5.41, 5.74) is 0. The maximum atomic E-state index is 3.97. The van der Waals surface area contributed by atoms with Gasteiger partial charge in [-0.15, -0.1) is 0 Å². The first-order valence-electron chi connectivity index (χ1n) is 2.40. The van der Waals surface area contributed by atoms with E-state index in [9.17, 15) is 0 Å². The van der Waals surface area contributed by atoms with E-state index in [1.807, 2.05) is 13.1 Å². The smallest absolute Gasteiger partial charge is 0.0357 e. The highest BCUT2D eigenvalue weighted by molar-refractivity contribution is 5.56. The molecule has 0 N–H and O–H groups in total. The SMILES string of the molecule is [13CH3][13CH2]/[13CH]=N\[13CH2][13CH3]. The molecule has 0 aliphatic heterocycles. The molecule has 6 heavy (non-hydrogen) atoms. The third kappa shape index (κ3) is 3.67. The Kier molecular flexibility index (Phi) is 4.41. The quantitative estimate of drug-likeness (QED) is 0.360. The van der Waals surface area contributed by atoms with Crippen LogP contribution in [0.3, 0.4) is 0 Å². The van der Waals surface area contributed by atoms with E-state index in [4.69, 9.17) is 0 Å². The first kappa shape index (κ1) is 5.67. The molecule has 0 aliphatic rings. The Labute approximate surface area is 39.1 Å². The fraction of sp³-hybridized carbons (Fsp3) is 0.800. The minimum Gasteiger partial charge on any atom is -0.298 e. The van der Waals surface area contributed by atoms with Crippen LogP contribution in [0.25, 0.3) is 0 Å². The summed E-state index contributed by atoms with van der Waals surface area (Å²) >= 11 is 0. The van der Waals surface area contributed by atoms with Crippen LogP contribution in [0, 0.1) is 0 Å². The summed E-state index contributed by atoms with van der Waals surface area (Å²) < 4.78 is 0. The van der Waals surface area contributed by atoms with Crippen LogP contribution < -0.4 is 0 Å². The maximum absolute atomic E-state index is 3.97. The highest BCUT2D eigenvalue weighted by Crippen LogP contribution is 1.66. The molecule has 0 aromatic rings. The first-order valence-corrected chi connectivity index (χ1v) is 2.40. The van der Waals surface area contributed by atoms with Crippen molar-refractivity contribution in [1.82, 2.24) is 0 Å². The van der Waals surface area contributed by atoms with Crippen LogP contribution in [0.15, 0.2) is 4.99 Å². The normalized spacial score (nSPS) is 10.3. The fourth-order valence-corrected chi connectivity index (χ4v) is 0.258. The van der Waals surface area contributed by atoms with Gasteiger partial charge in [-0.05, 0) is 19.6 Å². The second-order valence-corrected chi connectivity index (χ2v) is 1.09. The molecule has 0 saturated carbocycles.